The lowest BCUT2D eigenvalue weighted by molar-refractivity contribution is -0.118. The summed E-state index contributed by atoms with van der Waals surface area (Å²) < 4.78 is 6.84. The Morgan fingerprint density at radius 1 is 1.15 bits per heavy atom. The predicted molar refractivity (Wildman–Crippen MR) is 136 cm³/mol. The van der Waals surface area contributed by atoms with Crippen LogP contribution in [0.4, 0.5) is 0 Å². The second kappa shape index (κ2) is 10.7. The van der Waals surface area contributed by atoms with E-state index in [1.54, 1.807) is 6.08 Å². The van der Waals surface area contributed by atoms with Gasteiger partial charge >= 0.3 is 0 Å². The van der Waals surface area contributed by atoms with Crippen molar-refractivity contribution >= 4 is 38.7 Å². The summed E-state index contributed by atoms with van der Waals surface area (Å²) in [4.78, 5) is 12.7. The summed E-state index contributed by atoms with van der Waals surface area (Å²) in [6.45, 7) is 2.61. The van der Waals surface area contributed by atoms with Crippen LogP contribution in [0.1, 0.15) is 43.7 Å². The van der Waals surface area contributed by atoms with Crippen molar-refractivity contribution in [3.05, 3.63) is 81.8 Å². The molecule has 168 valence electrons. The van der Waals surface area contributed by atoms with Crippen LogP contribution in [0.5, 0.6) is 5.75 Å². The molecular weight excluding hydrogens is 476 g/mol. The van der Waals surface area contributed by atoms with E-state index in [1.165, 1.54) is 17.2 Å². The average molecular weight is 503 g/mol. The molecule has 0 aromatic heterocycles. The van der Waals surface area contributed by atoms with Gasteiger partial charge in [-0.3, -0.25) is 4.79 Å². The fourth-order valence-electron chi connectivity index (χ4n) is 4.39. The van der Waals surface area contributed by atoms with E-state index >= 15 is 0 Å². The first kappa shape index (κ1) is 23.1. The van der Waals surface area contributed by atoms with Gasteiger partial charge in [-0.25, -0.2) is 0 Å². The van der Waals surface area contributed by atoms with Gasteiger partial charge in [0.15, 0.2) is 0 Å². The van der Waals surface area contributed by atoms with Crippen LogP contribution in [0, 0.1) is 17.2 Å². The van der Waals surface area contributed by atoms with Gasteiger partial charge in [-0.05, 0) is 74.8 Å². The van der Waals surface area contributed by atoms with Crippen LogP contribution in [0.25, 0.3) is 16.8 Å². The lowest BCUT2D eigenvalue weighted by Gasteiger charge is -2.29. The topological polar surface area (TPSA) is 62.1 Å². The van der Waals surface area contributed by atoms with E-state index in [4.69, 9.17) is 4.74 Å². The van der Waals surface area contributed by atoms with Crippen molar-refractivity contribution in [3.8, 4) is 11.8 Å². The van der Waals surface area contributed by atoms with Gasteiger partial charge in [-0.2, -0.15) is 5.26 Å². The second-order valence-corrected chi connectivity index (χ2v) is 9.48. The number of halogens is 1. The molecule has 0 unspecified atom stereocenters. The van der Waals surface area contributed by atoms with Crippen molar-refractivity contribution in [2.45, 2.75) is 45.3 Å². The number of fused-ring (bicyclic) bond motifs is 1. The van der Waals surface area contributed by atoms with Crippen LogP contribution in [0.15, 0.2) is 70.7 Å². The van der Waals surface area contributed by atoms with Gasteiger partial charge in [0.25, 0.3) is 5.91 Å². The molecule has 0 radical (unpaired) electrons. The molecule has 33 heavy (non-hydrogen) atoms. The SMILES string of the molecule is C[C@@H]1CCCC[C@H]1NC(=O)/C(C#N)=C/c1ccc(OCc2cccc3ccccc23)c(Br)c1. The molecule has 4 nitrogen and oxygen atoms in total. The number of amides is 1. The Morgan fingerprint density at radius 3 is 2.73 bits per heavy atom. The Hall–Kier alpha value is -3.10. The van der Waals surface area contributed by atoms with E-state index in [1.807, 2.05) is 36.4 Å². The minimum absolute atomic E-state index is 0.115. The Labute approximate surface area is 203 Å². The van der Waals surface area contributed by atoms with E-state index in [-0.39, 0.29) is 17.5 Å². The zero-order valence-electron chi connectivity index (χ0n) is 18.7. The van der Waals surface area contributed by atoms with Crippen LogP contribution in [0.2, 0.25) is 0 Å². The number of ether oxygens (including phenoxy) is 1. The first-order chi connectivity index (χ1) is 16.0. The van der Waals surface area contributed by atoms with Crippen molar-refractivity contribution in [1.29, 1.82) is 5.26 Å². The zero-order valence-corrected chi connectivity index (χ0v) is 20.3. The fourth-order valence-corrected chi connectivity index (χ4v) is 4.90. The number of benzene rings is 3. The first-order valence-corrected chi connectivity index (χ1v) is 12.2. The summed E-state index contributed by atoms with van der Waals surface area (Å²) >= 11 is 3.57. The minimum Gasteiger partial charge on any atom is -0.488 e. The molecule has 0 aliphatic heterocycles. The maximum absolute atomic E-state index is 12.7. The van der Waals surface area contributed by atoms with Crippen LogP contribution < -0.4 is 10.1 Å². The second-order valence-electron chi connectivity index (χ2n) is 8.63. The maximum Gasteiger partial charge on any atom is 0.262 e. The number of hydrogen-bond donors (Lipinski definition) is 1. The Bertz CT molecular complexity index is 1220. The summed E-state index contributed by atoms with van der Waals surface area (Å²) in [6, 6.07) is 22.2. The predicted octanol–water partition coefficient (Wildman–Crippen LogP) is 6.78. The highest BCUT2D eigenvalue weighted by Gasteiger charge is 2.24. The fraction of sp³-hybridized carbons (Fsp3) is 0.286. The third-order valence-corrected chi connectivity index (χ3v) is 6.94. The van der Waals surface area contributed by atoms with Crippen molar-refractivity contribution in [1.82, 2.24) is 5.32 Å². The number of carbonyl (C=O) groups excluding carboxylic acids is 1. The third-order valence-electron chi connectivity index (χ3n) is 6.32. The van der Waals surface area contributed by atoms with E-state index in [9.17, 15) is 10.1 Å². The summed E-state index contributed by atoms with van der Waals surface area (Å²) in [5, 5.41) is 15.0. The number of nitrogens with one attached hydrogen (secondary N) is 1. The number of rotatable bonds is 6. The van der Waals surface area contributed by atoms with Crippen LogP contribution in [-0.2, 0) is 11.4 Å². The van der Waals surface area contributed by atoms with E-state index in [2.05, 4.69) is 58.5 Å². The Morgan fingerprint density at radius 2 is 1.94 bits per heavy atom. The molecule has 1 fully saturated rings. The molecular formula is C28H27BrN2O2. The smallest absolute Gasteiger partial charge is 0.262 e. The highest BCUT2D eigenvalue weighted by atomic mass is 79.9. The lowest BCUT2D eigenvalue weighted by Crippen LogP contribution is -2.41. The van der Waals surface area contributed by atoms with Gasteiger partial charge < -0.3 is 10.1 Å². The first-order valence-electron chi connectivity index (χ1n) is 11.4. The molecule has 0 bridgehead atoms. The Kier molecular flexibility index (Phi) is 7.47. The number of carbonyl (C=O) groups is 1. The van der Waals surface area contributed by atoms with E-state index in [0.29, 0.717) is 18.3 Å². The maximum atomic E-state index is 12.7. The molecule has 1 amide bonds. The largest absolute Gasteiger partial charge is 0.488 e. The molecule has 2 atom stereocenters. The molecule has 0 heterocycles. The van der Waals surface area contributed by atoms with Gasteiger partial charge in [0.1, 0.15) is 24.0 Å². The molecule has 4 rings (SSSR count). The van der Waals surface area contributed by atoms with Crippen molar-refractivity contribution < 1.29 is 9.53 Å². The summed E-state index contributed by atoms with van der Waals surface area (Å²) in [5.74, 6) is 0.845. The van der Waals surface area contributed by atoms with E-state index in [0.717, 1.165) is 34.9 Å². The minimum atomic E-state index is -0.302. The van der Waals surface area contributed by atoms with Crippen molar-refractivity contribution in [3.63, 3.8) is 0 Å². The Balaban J connectivity index is 1.45. The van der Waals surface area contributed by atoms with Gasteiger partial charge in [0, 0.05) is 6.04 Å². The monoisotopic (exact) mass is 502 g/mol. The van der Waals surface area contributed by atoms with Gasteiger partial charge in [-0.1, -0.05) is 68.3 Å². The molecule has 1 aliphatic rings. The molecule has 1 aliphatic carbocycles. The van der Waals surface area contributed by atoms with Crippen LogP contribution in [-0.4, -0.2) is 11.9 Å². The zero-order chi connectivity index (χ0) is 23.2. The molecule has 3 aromatic carbocycles. The summed E-state index contributed by atoms with van der Waals surface area (Å²) in [6.07, 6.45) is 6.04. The summed E-state index contributed by atoms with van der Waals surface area (Å²) in [5.41, 5.74) is 2.00. The van der Waals surface area contributed by atoms with Crippen LogP contribution in [0.3, 0.4) is 0 Å². The molecule has 1 N–H and O–H groups in total. The third kappa shape index (κ3) is 5.64. The average Bonchev–Trinajstić information content (AvgIpc) is 2.83. The molecule has 5 heteroatoms. The highest BCUT2D eigenvalue weighted by molar-refractivity contribution is 9.10. The molecule has 1 saturated carbocycles. The van der Waals surface area contributed by atoms with Gasteiger partial charge in [0.2, 0.25) is 0 Å². The molecule has 0 spiro atoms. The van der Waals surface area contributed by atoms with Crippen molar-refractivity contribution in [2.24, 2.45) is 5.92 Å². The van der Waals surface area contributed by atoms with Gasteiger partial charge in [-0.15, -0.1) is 0 Å². The quantitative estimate of drug-likeness (QED) is 0.298. The highest BCUT2D eigenvalue weighted by Crippen LogP contribution is 2.29. The number of hydrogen-bond acceptors (Lipinski definition) is 3. The number of nitrogens with zero attached hydrogens (tertiary/aromatic N) is 1. The molecule has 0 saturated heterocycles. The van der Waals surface area contributed by atoms with E-state index < -0.39 is 0 Å². The molecule has 3 aromatic rings. The number of nitriles is 1. The summed E-state index contributed by atoms with van der Waals surface area (Å²) in [7, 11) is 0. The lowest BCUT2D eigenvalue weighted by atomic mass is 9.86. The normalized spacial score (nSPS) is 18.5. The van der Waals surface area contributed by atoms with Crippen molar-refractivity contribution in [2.75, 3.05) is 0 Å². The van der Waals surface area contributed by atoms with Crippen LogP contribution >= 0.6 is 15.9 Å². The standard InChI is InChI=1S/C28H27BrN2O2/c1-19-7-2-5-12-26(19)31-28(32)23(17-30)15-20-13-14-27(25(29)16-20)33-18-22-10-6-9-21-8-3-4-11-24(21)22/h3-4,6,8-11,13-16,19,26H,2,5,7,12,18H2,1H3,(H,31,32)/b23-15+/t19-,26-/m1/s1. The van der Waals surface area contributed by atoms with Gasteiger partial charge in [0.05, 0.1) is 4.47 Å².